The number of nitrogens with zero attached hydrogens (tertiary/aromatic N) is 1. The molecule has 0 N–H and O–H groups in total. The van der Waals surface area contributed by atoms with E-state index in [4.69, 9.17) is 0 Å². The first kappa shape index (κ1) is 12.4. The van der Waals surface area contributed by atoms with Crippen molar-refractivity contribution >= 4 is 21.8 Å². The molecule has 0 aromatic heterocycles. The standard InChI is InChI=1S/C11H9BrF3NO/c12-8-4-9(14)7(3-10(8)15)11(17)16-2-1-6(13)5-16/h3-4,6H,1-2,5H2/t6-/m1/s1. The second kappa shape index (κ2) is 4.68. The van der Waals surface area contributed by atoms with E-state index in [9.17, 15) is 18.0 Å². The van der Waals surface area contributed by atoms with Gasteiger partial charge in [0.2, 0.25) is 0 Å². The maximum Gasteiger partial charge on any atom is 0.257 e. The Morgan fingerprint density at radius 3 is 2.65 bits per heavy atom. The van der Waals surface area contributed by atoms with Crippen molar-refractivity contribution in [1.29, 1.82) is 0 Å². The lowest BCUT2D eigenvalue weighted by molar-refractivity contribution is 0.0777. The highest BCUT2D eigenvalue weighted by atomic mass is 79.9. The van der Waals surface area contributed by atoms with Gasteiger partial charge in [0.25, 0.3) is 5.91 Å². The average Bonchev–Trinajstić information content (AvgIpc) is 2.69. The van der Waals surface area contributed by atoms with Crippen LogP contribution in [-0.2, 0) is 0 Å². The van der Waals surface area contributed by atoms with Crippen molar-refractivity contribution < 1.29 is 18.0 Å². The molecule has 2 rings (SSSR count). The number of hydrogen-bond donors (Lipinski definition) is 0. The van der Waals surface area contributed by atoms with Gasteiger partial charge in [0, 0.05) is 6.54 Å². The largest absolute Gasteiger partial charge is 0.336 e. The van der Waals surface area contributed by atoms with E-state index >= 15 is 0 Å². The number of hydrogen-bond acceptors (Lipinski definition) is 1. The van der Waals surface area contributed by atoms with Gasteiger partial charge < -0.3 is 4.90 Å². The SMILES string of the molecule is O=C(c1cc(F)c(Br)cc1F)N1CC[C@@H](F)C1. The lowest BCUT2D eigenvalue weighted by atomic mass is 10.2. The molecule has 1 amide bonds. The molecule has 1 aromatic rings. The molecule has 0 radical (unpaired) electrons. The summed E-state index contributed by atoms with van der Waals surface area (Å²) >= 11 is 2.82. The molecule has 2 nitrogen and oxygen atoms in total. The highest BCUT2D eigenvalue weighted by Crippen LogP contribution is 2.23. The van der Waals surface area contributed by atoms with Crippen LogP contribution < -0.4 is 0 Å². The molecule has 1 aromatic carbocycles. The predicted molar refractivity (Wildman–Crippen MR) is 59.5 cm³/mol. The van der Waals surface area contributed by atoms with E-state index in [1.165, 1.54) is 4.90 Å². The Labute approximate surface area is 105 Å². The summed E-state index contributed by atoms with van der Waals surface area (Å²) < 4.78 is 39.6. The van der Waals surface area contributed by atoms with E-state index in [-0.39, 0.29) is 29.5 Å². The lowest BCUT2D eigenvalue weighted by Crippen LogP contribution is -2.29. The maximum absolute atomic E-state index is 13.5. The Morgan fingerprint density at radius 1 is 1.35 bits per heavy atom. The van der Waals surface area contributed by atoms with Crippen LogP contribution in [0.1, 0.15) is 16.8 Å². The molecular weight excluding hydrogens is 299 g/mol. The molecule has 0 spiro atoms. The highest BCUT2D eigenvalue weighted by molar-refractivity contribution is 9.10. The molecule has 1 atom stereocenters. The summed E-state index contributed by atoms with van der Waals surface area (Å²) in [6, 6.07) is 1.72. The maximum atomic E-state index is 13.5. The predicted octanol–water partition coefficient (Wildman–Crippen LogP) is 2.91. The number of carbonyl (C=O) groups excluding carboxylic acids is 1. The summed E-state index contributed by atoms with van der Waals surface area (Å²) in [7, 11) is 0. The number of carbonyl (C=O) groups is 1. The minimum Gasteiger partial charge on any atom is -0.336 e. The number of benzene rings is 1. The minimum atomic E-state index is -1.08. The van der Waals surface area contributed by atoms with Crippen molar-refractivity contribution in [2.45, 2.75) is 12.6 Å². The van der Waals surface area contributed by atoms with Gasteiger partial charge in [-0.15, -0.1) is 0 Å². The van der Waals surface area contributed by atoms with Gasteiger partial charge in [-0.25, -0.2) is 13.2 Å². The molecular formula is C11H9BrF3NO. The lowest BCUT2D eigenvalue weighted by Gasteiger charge is -2.15. The van der Waals surface area contributed by atoms with Crippen LogP contribution in [0.15, 0.2) is 16.6 Å². The zero-order valence-corrected chi connectivity index (χ0v) is 10.3. The summed E-state index contributed by atoms with van der Waals surface area (Å²) in [5, 5.41) is 0. The number of amides is 1. The fourth-order valence-corrected chi connectivity index (χ4v) is 2.07. The summed E-state index contributed by atoms with van der Waals surface area (Å²) in [4.78, 5) is 13.0. The first-order valence-electron chi connectivity index (χ1n) is 5.07. The third kappa shape index (κ3) is 2.46. The Hall–Kier alpha value is -1.04. The van der Waals surface area contributed by atoms with Crippen LogP contribution in [-0.4, -0.2) is 30.1 Å². The summed E-state index contributed by atoms with van der Waals surface area (Å²) in [6.07, 6.45) is -0.839. The van der Waals surface area contributed by atoms with Crippen molar-refractivity contribution in [1.82, 2.24) is 4.90 Å². The number of rotatable bonds is 1. The van der Waals surface area contributed by atoms with E-state index in [2.05, 4.69) is 15.9 Å². The molecule has 1 aliphatic heterocycles. The van der Waals surface area contributed by atoms with E-state index in [0.717, 1.165) is 12.1 Å². The average molecular weight is 308 g/mol. The van der Waals surface area contributed by atoms with Crippen LogP contribution in [0, 0.1) is 11.6 Å². The Kier molecular flexibility index (Phi) is 3.42. The van der Waals surface area contributed by atoms with Crippen molar-refractivity contribution in [2.24, 2.45) is 0 Å². The normalized spacial score (nSPS) is 19.8. The smallest absolute Gasteiger partial charge is 0.257 e. The van der Waals surface area contributed by atoms with E-state index < -0.39 is 23.7 Å². The highest BCUT2D eigenvalue weighted by Gasteiger charge is 2.28. The van der Waals surface area contributed by atoms with Gasteiger partial charge in [-0.05, 0) is 34.5 Å². The molecule has 0 aliphatic carbocycles. The van der Waals surface area contributed by atoms with Gasteiger partial charge in [-0.1, -0.05) is 0 Å². The topological polar surface area (TPSA) is 20.3 Å². The molecule has 6 heteroatoms. The van der Waals surface area contributed by atoms with Crippen molar-refractivity contribution in [3.63, 3.8) is 0 Å². The van der Waals surface area contributed by atoms with Gasteiger partial charge >= 0.3 is 0 Å². The Balaban J connectivity index is 2.28. The Bertz CT molecular complexity index is 466. The molecule has 0 unspecified atom stereocenters. The second-order valence-corrected chi connectivity index (χ2v) is 4.74. The molecule has 1 saturated heterocycles. The van der Waals surface area contributed by atoms with E-state index in [1.807, 2.05) is 0 Å². The molecule has 1 fully saturated rings. The third-order valence-corrected chi connectivity index (χ3v) is 3.27. The van der Waals surface area contributed by atoms with Gasteiger partial charge in [0.1, 0.15) is 17.8 Å². The van der Waals surface area contributed by atoms with Crippen LogP contribution in [0.5, 0.6) is 0 Å². The monoisotopic (exact) mass is 307 g/mol. The molecule has 1 aliphatic rings. The van der Waals surface area contributed by atoms with Crippen LogP contribution in [0.2, 0.25) is 0 Å². The minimum absolute atomic E-state index is 0.0451. The van der Waals surface area contributed by atoms with Gasteiger partial charge in [0.15, 0.2) is 0 Å². The third-order valence-electron chi connectivity index (χ3n) is 2.66. The number of likely N-dealkylation sites (tertiary alicyclic amines) is 1. The molecule has 1 heterocycles. The number of alkyl halides is 1. The fraction of sp³-hybridized carbons (Fsp3) is 0.364. The quantitative estimate of drug-likeness (QED) is 0.731. The molecule has 17 heavy (non-hydrogen) atoms. The molecule has 0 bridgehead atoms. The summed E-state index contributed by atoms with van der Waals surface area (Å²) in [6.45, 7) is 0.174. The van der Waals surface area contributed by atoms with Crippen LogP contribution in [0.25, 0.3) is 0 Å². The Morgan fingerprint density at radius 2 is 2.06 bits per heavy atom. The summed E-state index contributed by atoms with van der Waals surface area (Å²) in [5.74, 6) is -2.20. The first-order valence-corrected chi connectivity index (χ1v) is 5.86. The zero-order valence-electron chi connectivity index (χ0n) is 8.72. The van der Waals surface area contributed by atoms with Crippen molar-refractivity contribution in [3.8, 4) is 0 Å². The van der Waals surface area contributed by atoms with Crippen molar-refractivity contribution in [2.75, 3.05) is 13.1 Å². The van der Waals surface area contributed by atoms with Gasteiger partial charge in [0.05, 0.1) is 16.6 Å². The first-order chi connectivity index (χ1) is 7.99. The van der Waals surface area contributed by atoms with Gasteiger partial charge in [-0.3, -0.25) is 4.79 Å². The van der Waals surface area contributed by atoms with Crippen molar-refractivity contribution in [3.05, 3.63) is 33.8 Å². The van der Waals surface area contributed by atoms with E-state index in [0.29, 0.717) is 0 Å². The fourth-order valence-electron chi connectivity index (χ4n) is 1.76. The zero-order chi connectivity index (χ0) is 12.6. The van der Waals surface area contributed by atoms with Gasteiger partial charge in [-0.2, -0.15) is 0 Å². The molecule has 0 saturated carbocycles. The van der Waals surface area contributed by atoms with Crippen LogP contribution >= 0.6 is 15.9 Å². The van der Waals surface area contributed by atoms with Crippen LogP contribution in [0.4, 0.5) is 13.2 Å². The number of halogens is 4. The van der Waals surface area contributed by atoms with Crippen LogP contribution in [0.3, 0.4) is 0 Å². The molecule has 92 valence electrons. The second-order valence-electron chi connectivity index (χ2n) is 3.88. The van der Waals surface area contributed by atoms with E-state index in [1.54, 1.807) is 0 Å². The summed E-state index contributed by atoms with van der Waals surface area (Å²) in [5.41, 5.74) is -0.361.